The van der Waals surface area contributed by atoms with Gasteiger partial charge in [0.1, 0.15) is 11.8 Å². The van der Waals surface area contributed by atoms with Crippen molar-refractivity contribution in [3.63, 3.8) is 0 Å². The first-order valence-electron chi connectivity index (χ1n) is 6.34. The Hall–Kier alpha value is -2.57. The van der Waals surface area contributed by atoms with E-state index < -0.39 is 36.4 Å². The molecule has 1 rings (SSSR count). The number of amides is 2. The number of carboxylic acids is 1. The normalized spacial score (nSPS) is 13.0. The van der Waals surface area contributed by atoms with E-state index in [0.717, 1.165) is 5.56 Å². The number of rotatable bonds is 7. The van der Waals surface area contributed by atoms with Crippen LogP contribution in [0.15, 0.2) is 24.3 Å². The van der Waals surface area contributed by atoms with Crippen molar-refractivity contribution in [2.45, 2.75) is 32.4 Å². The summed E-state index contributed by atoms with van der Waals surface area (Å²) in [6, 6.07) is 5.70. The monoisotopic (exact) mass is 294 g/mol. The van der Waals surface area contributed by atoms with Crippen LogP contribution >= 0.6 is 0 Å². The molecule has 7 nitrogen and oxygen atoms in total. The predicted octanol–water partition coefficient (Wildman–Crippen LogP) is 0.207. The lowest BCUT2D eigenvalue weighted by Gasteiger charge is -2.18. The number of carboxylic acid groups (broad SMARTS) is 1. The summed E-state index contributed by atoms with van der Waals surface area (Å²) in [5, 5.41) is 11.1. The van der Waals surface area contributed by atoms with E-state index in [4.69, 9.17) is 15.6 Å². The van der Waals surface area contributed by atoms with Crippen LogP contribution in [-0.2, 0) is 14.4 Å². The van der Waals surface area contributed by atoms with E-state index in [2.05, 4.69) is 5.32 Å². The maximum atomic E-state index is 11.9. The Kier molecular flexibility index (Phi) is 5.71. The zero-order valence-corrected chi connectivity index (χ0v) is 11.8. The van der Waals surface area contributed by atoms with Crippen LogP contribution in [0.1, 0.15) is 18.9 Å². The molecule has 0 heterocycles. The van der Waals surface area contributed by atoms with Crippen LogP contribution in [0.2, 0.25) is 0 Å². The molecule has 0 aliphatic rings. The largest absolute Gasteiger partial charge is 0.481 e. The Morgan fingerprint density at radius 1 is 1.29 bits per heavy atom. The van der Waals surface area contributed by atoms with Crippen LogP contribution in [0.4, 0.5) is 0 Å². The van der Waals surface area contributed by atoms with E-state index in [1.54, 1.807) is 12.1 Å². The lowest BCUT2D eigenvalue weighted by molar-refractivity contribution is -0.144. The SMILES string of the molecule is Cc1ccc(OC(C)C(=O)N[C@@H](CC(N)=O)C(=O)O)cc1. The minimum absolute atomic E-state index is 0.474. The fourth-order valence-electron chi connectivity index (χ4n) is 1.56. The molecule has 21 heavy (non-hydrogen) atoms. The number of carbonyl (C=O) groups is 3. The zero-order chi connectivity index (χ0) is 16.0. The maximum absolute atomic E-state index is 11.9. The Balaban J connectivity index is 2.62. The first-order valence-corrected chi connectivity index (χ1v) is 6.34. The summed E-state index contributed by atoms with van der Waals surface area (Å²) < 4.78 is 5.40. The Morgan fingerprint density at radius 3 is 2.33 bits per heavy atom. The maximum Gasteiger partial charge on any atom is 0.326 e. The summed E-state index contributed by atoms with van der Waals surface area (Å²) in [6.45, 7) is 3.40. The second kappa shape index (κ2) is 7.28. The van der Waals surface area contributed by atoms with Crippen LogP contribution in [0, 0.1) is 6.92 Å². The lowest BCUT2D eigenvalue weighted by atomic mass is 10.2. The third-order valence-corrected chi connectivity index (χ3v) is 2.72. The van der Waals surface area contributed by atoms with Gasteiger partial charge in [0.2, 0.25) is 5.91 Å². The summed E-state index contributed by atoms with van der Waals surface area (Å²) in [6.07, 6.45) is -1.37. The molecular weight excluding hydrogens is 276 g/mol. The third-order valence-electron chi connectivity index (χ3n) is 2.72. The highest BCUT2D eigenvalue weighted by atomic mass is 16.5. The van der Waals surface area contributed by atoms with Gasteiger partial charge in [-0.25, -0.2) is 4.79 Å². The van der Waals surface area contributed by atoms with Crippen LogP contribution in [0.3, 0.4) is 0 Å². The van der Waals surface area contributed by atoms with E-state index in [9.17, 15) is 14.4 Å². The van der Waals surface area contributed by atoms with Gasteiger partial charge in [-0.15, -0.1) is 0 Å². The average Bonchev–Trinajstić information content (AvgIpc) is 2.39. The first-order chi connectivity index (χ1) is 9.79. The molecule has 1 aromatic rings. The van der Waals surface area contributed by atoms with Crippen LogP contribution in [-0.4, -0.2) is 35.0 Å². The number of aliphatic carboxylic acids is 1. The molecule has 0 saturated carbocycles. The van der Waals surface area contributed by atoms with Gasteiger partial charge in [0.25, 0.3) is 5.91 Å². The van der Waals surface area contributed by atoms with Crippen molar-refractivity contribution in [1.29, 1.82) is 0 Å². The Morgan fingerprint density at radius 2 is 1.86 bits per heavy atom. The molecule has 0 radical (unpaired) electrons. The molecule has 4 N–H and O–H groups in total. The smallest absolute Gasteiger partial charge is 0.326 e. The van der Waals surface area contributed by atoms with E-state index in [1.165, 1.54) is 6.92 Å². The standard InChI is InChI=1S/C14H18N2O5/c1-8-3-5-10(6-4-8)21-9(2)13(18)16-11(14(19)20)7-12(15)17/h3-6,9,11H,7H2,1-2H3,(H2,15,17)(H,16,18)(H,19,20)/t9?,11-/m0/s1. The fourth-order valence-corrected chi connectivity index (χ4v) is 1.56. The van der Waals surface area contributed by atoms with Crippen molar-refractivity contribution < 1.29 is 24.2 Å². The van der Waals surface area contributed by atoms with Gasteiger partial charge in [0.05, 0.1) is 6.42 Å². The molecule has 0 aliphatic carbocycles. The number of nitrogens with one attached hydrogen (secondary N) is 1. The molecule has 0 saturated heterocycles. The summed E-state index contributed by atoms with van der Waals surface area (Å²) in [5.41, 5.74) is 5.98. The second-order valence-corrected chi connectivity index (χ2v) is 4.64. The van der Waals surface area contributed by atoms with E-state index in [1.807, 2.05) is 19.1 Å². The summed E-state index contributed by atoms with van der Waals surface area (Å²) in [7, 11) is 0. The topological polar surface area (TPSA) is 119 Å². The van der Waals surface area contributed by atoms with Crippen molar-refractivity contribution in [2.24, 2.45) is 5.73 Å². The van der Waals surface area contributed by atoms with E-state index >= 15 is 0 Å². The minimum Gasteiger partial charge on any atom is -0.481 e. The van der Waals surface area contributed by atoms with Gasteiger partial charge in [-0.2, -0.15) is 0 Å². The quantitative estimate of drug-likeness (QED) is 0.664. The van der Waals surface area contributed by atoms with Crippen molar-refractivity contribution >= 4 is 17.8 Å². The van der Waals surface area contributed by atoms with Crippen LogP contribution in [0.5, 0.6) is 5.75 Å². The highest BCUT2D eigenvalue weighted by Crippen LogP contribution is 2.13. The number of hydrogen-bond acceptors (Lipinski definition) is 4. The fraction of sp³-hybridized carbons (Fsp3) is 0.357. The molecule has 0 aliphatic heterocycles. The molecule has 1 unspecified atom stereocenters. The predicted molar refractivity (Wildman–Crippen MR) is 74.6 cm³/mol. The first kappa shape index (κ1) is 16.5. The van der Waals surface area contributed by atoms with Gasteiger partial charge in [-0.3, -0.25) is 9.59 Å². The summed E-state index contributed by atoms with van der Waals surface area (Å²) >= 11 is 0. The van der Waals surface area contributed by atoms with Crippen molar-refractivity contribution in [3.05, 3.63) is 29.8 Å². The Bertz CT molecular complexity index is 527. The average molecular weight is 294 g/mol. The number of carbonyl (C=O) groups excluding carboxylic acids is 2. The van der Waals surface area contributed by atoms with Crippen LogP contribution in [0.25, 0.3) is 0 Å². The van der Waals surface area contributed by atoms with E-state index in [0.29, 0.717) is 5.75 Å². The Labute approximate surface area is 122 Å². The highest BCUT2D eigenvalue weighted by Gasteiger charge is 2.25. The van der Waals surface area contributed by atoms with Crippen molar-refractivity contribution in [1.82, 2.24) is 5.32 Å². The number of ether oxygens (including phenoxy) is 1. The van der Waals surface area contributed by atoms with Gasteiger partial charge >= 0.3 is 5.97 Å². The molecule has 0 aromatic heterocycles. The molecule has 2 amide bonds. The van der Waals surface area contributed by atoms with Gasteiger partial charge < -0.3 is 20.9 Å². The van der Waals surface area contributed by atoms with E-state index in [-0.39, 0.29) is 0 Å². The van der Waals surface area contributed by atoms with Gasteiger partial charge in [0, 0.05) is 0 Å². The van der Waals surface area contributed by atoms with Gasteiger partial charge in [0.15, 0.2) is 6.10 Å². The van der Waals surface area contributed by atoms with Gasteiger partial charge in [-0.1, -0.05) is 17.7 Å². The molecule has 0 spiro atoms. The third kappa shape index (κ3) is 5.52. The summed E-state index contributed by atoms with van der Waals surface area (Å²) in [5.74, 6) is -2.28. The second-order valence-electron chi connectivity index (χ2n) is 4.64. The molecule has 0 bridgehead atoms. The zero-order valence-electron chi connectivity index (χ0n) is 11.8. The number of nitrogens with two attached hydrogens (primary N) is 1. The minimum atomic E-state index is -1.36. The van der Waals surface area contributed by atoms with Crippen LogP contribution < -0.4 is 15.8 Å². The molecule has 0 fully saturated rings. The molecule has 114 valence electrons. The molecule has 7 heteroatoms. The number of aryl methyl sites for hydroxylation is 1. The summed E-state index contributed by atoms with van der Waals surface area (Å²) in [4.78, 5) is 33.5. The number of hydrogen-bond donors (Lipinski definition) is 3. The van der Waals surface area contributed by atoms with Gasteiger partial charge in [-0.05, 0) is 26.0 Å². The number of primary amides is 1. The number of benzene rings is 1. The van der Waals surface area contributed by atoms with Crippen molar-refractivity contribution in [2.75, 3.05) is 0 Å². The molecular formula is C14H18N2O5. The molecule has 2 atom stereocenters. The molecule has 1 aromatic carbocycles. The lowest BCUT2D eigenvalue weighted by Crippen LogP contribution is -2.47. The van der Waals surface area contributed by atoms with Crippen molar-refractivity contribution in [3.8, 4) is 5.75 Å². The highest BCUT2D eigenvalue weighted by molar-refractivity contribution is 5.89.